The van der Waals surface area contributed by atoms with E-state index in [1.807, 2.05) is 24.3 Å². The van der Waals surface area contributed by atoms with Gasteiger partial charge in [-0.2, -0.15) is 0 Å². The Hall–Kier alpha value is -3.02. The van der Waals surface area contributed by atoms with Crippen molar-refractivity contribution in [2.24, 2.45) is 0 Å². The summed E-state index contributed by atoms with van der Waals surface area (Å²) in [7, 11) is 0. The molecule has 0 saturated heterocycles. The Morgan fingerprint density at radius 3 is 2.34 bits per heavy atom. The van der Waals surface area contributed by atoms with Crippen molar-refractivity contribution < 1.29 is 23.1 Å². The van der Waals surface area contributed by atoms with Gasteiger partial charge in [-0.3, -0.25) is 4.79 Å². The van der Waals surface area contributed by atoms with Gasteiger partial charge in [-0.05, 0) is 36.5 Å². The van der Waals surface area contributed by atoms with Crippen LogP contribution in [0.5, 0.6) is 0 Å². The second-order valence-corrected chi connectivity index (χ2v) is 9.06. The lowest BCUT2D eigenvalue weighted by molar-refractivity contribution is -0.140. The topological polar surface area (TPSA) is 46.6 Å². The Bertz CT molecular complexity index is 1050. The molecule has 2 aromatic carbocycles. The molecule has 1 atom stereocenters. The normalized spacial score (nSPS) is 17.0. The van der Waals surface area contributed by atoms with Gasteiger partial charge in [0.1, 0.15) is 11.6 Å². The van der Waals surface area contributed by atoms with E-state index in [0.717, 1.165) is 23.3 Å². The van der Waals surface area contributed by atoms with Crippen molar-refractivity contribution in [2.45, 2.75) is 58.9 Å². The SMILES string of the molecule is CCOC(=O)C1=C(C)N(Cc2ccc(F)cc2F)C(=O)CC1c1ccc(C(C)(C)C)cc1. The number of carbonyl (C=O) groups excluding carboxylic acids is 2. The summed E-state index contributed by atoms with van der Waals surface area (Å²) in [5, 5.41) is 0. The minimum absolute atomic E-state index is 0.0212. The lowest BCUT2D eigenvalue weighted by Crippen LogP contribution is -2.38. The number of halogens is 2. The van der Waals surface area contributed by atoms with Crippen LogP contribution in [0, 0.1) is 11.6 Å². The smallest absolute Gasteiger partial charge is 0.336 e. The van der Waals surface area contributed by atoms with Crippen molar-refractivity contribution in [2.75, 3.05) is 6.61 Å². The Balaban J connectivity index is 2.02. The fraction of sp³-hybridized carbons (Fsp3) is 0.385. The van der Waals surface area contributed by atoms with E-state index in [2.05, 4.69) is 20.8 Å². The van der Waals surface area contributed by atoms with E-state index in [-0.39, 0.29) is 36.5 Å². The number of carbonyl (C=O) groups is 2. The molecule has 0 bridgehead atoms. The molecule has 6 heteroatoms. The molecule has 3 rings (SSSR count). The van der Waals surface area contributed by atoms with Crippen molar-refractivity contribution >= 4 is 11.9 Å². The number of nitrogens with zero attached hydrogens (tertiary/aromatic N) is 1. The van der Waals surface area contributed by atoms with Gasteiger partial charge in [-0.15, -0.1) is 0 Å². The summed E-state index contributed by atoms with van der Waals surface area (Å²) in [6.45, 7) is 9.86. The van der Waals surface area contributed by atoms with E-state index in [1.54, 1.807) is 13.8 Å². The van der Waals surface area contributed by atoms with Gasteiger partial charge in [0.15, 0.2) is 0 Å². The summed E-state index contributed by atoms with van der Waals surface area (Å²) in [5.41, 5.74) is 2.96. The maximum absolute atomic E-state index is 14.2. The summed E-state index contributed by atoms with van der Waals surface area (Å²) >= 11 is 0. The van der Waals surface area contributed by atoms with Crippen molar-refractivity contribution in [3.05, 3.63) is 82.1 Å². The quantitative estimate of drug-likeness (QED) is 0.566. The standard InChI is InChI=1S/C26H29F2NO3/c1-6-32-25(31)24-16(2)29(15-18-9-12-20(27)13-22(18)28)23(30)14-21(24)17-7-10-19(11-8-17)26(3,4)5/h7-13,21H,6,14-15H2,1-5H3. The number of allylic oxidation sites excluding steroid dienone is 1. The molecular formula is C26H29F2NO3. The summed E-state index contributed by atoms with van der Waals surface area (Å²) in [4.78, 5) is 27.3. The van der Waals surface area contributed by atoms with Crippen molar-refractivity contribution in [3.63, 3.8) is 0 Å². The maximum Gasteiger partial charge on any atom is 0.336 e. The molecular weight excluding hydrogens is 412 g/mol. The number of benzene rings is 2. The molecule has 0 aromatic heterocycles. The first kappa shape index (κ1) is 23.6. The molecule has 32 heavy (non-hydrogen) atoms. The number of hydrogen-bond acceptors (Lipinski definition) is 3. The molecule has 0 spiro atoms. The average Bonchev–Trinajstić information content (AvgIpc) is 2.71. The van der Waals surface area contributed by atoms with Crippen LogP contribution in [-0.2, 0) is 26.3 Å². The number of esters is 1. The second kappa shape index (κ2) is 9.23. The Kier molecular flexibility index (Phi) is 6.82. The zero-order valence-corrected chi connectivity index (χ0v) is 19.2. The van der Waals surface area contributed by atoms with E-state index in [9.17, 15) is 18.4 Å². The number of rotatable bonds is 5. The van der Waals surface area contributed by atoms with Gasteiger partial charge in [0.25, 0.3) is 0 Å². The molecule has 1 aliphatic rings. The van der Waals surface area contributed by atoms with Crippen LogP contribution in [0.4, 0.5) is 8.78 Å². The lowest BCUT2D eigenvalue weighted by Gasteiger charge is -2.34. The van der Waals surface area contributed by atoms with E-state index >= 15 is 0 Å². The van der Waals surface area contributed by atoms with Gasteiger partial charge in [0.2, 0.25) is 5.91 Å². The average molecular weight is 442 g/mol. The van der Waals surface area contributed by atoms with Gasteiger partial charge in [0.05, 0.1) is 18.7 Å². The fourth-order valence-electron chi connectivity index (χ4n) is 4.00. The molecule has 0 aliphatic carbocycles. The van der Waals surface area contributed by atoms with Crippen LogP contribution in [-0.4, -0.2) is 23.4 Å². The zero-order valence-electron chi connectivity index (χ0n) is 19.2. The summed E-state index contributed by atoms with van der Waals surface area (Å²) in [6.07, 6.45) is 0.0587. The highest BCUT2D eigenvalue weighted by Gasteiger charge is 2.37. The third kappa shape index (κ3) is 4.90. The van der Waals surface area contributed by atoms with Crippen LogP contribution >= 0.6 is 0 Å². The van der Waals surface area contributed by atoms with Gasteiger partial charge in [0, 0.05) is 29.7 Å². The third-order valence-electron chi connectivity index (χ3n) is 5.84. The van der Waals surface area contributed by atoms with Crippen LogP contribution in [0.3, 0.4) is 0 Å². The molecule has 1 unspecified atom stereocenters. The largest absolute Gasteiger partial charge is 0.463 e. The summed E-state index contributed by atoms with van der Waals surface area (Å²) < 4.78 is 32.8. The van der Waals surface area contributed by atoms with Crippen LogP contribution in [0.15, 0.2) is 53.7 Å². The van der Waals surface area contributed by atoms with Gasteiger partial charge >= 0.3 is 5.97 Å². The number of ether oxygens (including phenoxy) is 1. The molecule has 0 fully saturated rings. The minimum atomic E-state index is -0.733. The van der Waals surface area contributed by atoms with Gasteiger partial charge in [-0.1, -0.05) is 51.1 Å². The van der Waals surface area contributed by atoms with E-state index in [4.69, 9.17) is 4.74 Å². The van der Waals surface area contributed by atoms with Crippen LogP contribution < -0.4 is 0 Å². The summed E-state index contributed by atoms with van der Waals surface area (Å²) in [6, 6.07) is 11.2. The Morgan fingerprint density at radius 2 is 1.78 bits per heavy atom. The molecule has 1 aliphatic heterocycles. The van der Waals surface area contributed by atoms with E-state index in [1.165, 1.54) is 11.0 Å². The Morgan fingerprint density at radius 1 is 1.12 bits per heavy atom. The molecule has 170 valence electrons. The number of hydrogen-bond donors (Lipinski definition) is 0. The highest BCUT2D eigenvalue weighted by atomic mass is 19.1. The summed E-state index contributed by atoms with van der Waals surface area (Å²) in [5.74, 6) is -2.60. The second-order valence-electron chi connectivity index (χ2n) is 9.06. The van der Waals surface area contributed by atoms with Crippen molar-refractivity contribution in [1.29, 1.82) is 0 Å². The molecule has 0 N–H and O–H groups in total. The molecule has 0 saturated carbocycles. The van der Waals surface area contributed by atoms with Crippen molar-refractivity contribution in [1.82, 2.24) is 4.90 Å². The first-order valence-corrected chi connectivity index (χ1v) is 10.8. The number of amides is 1. The molecule has 1 heterocycles. The third-order valence-corrected chi connectivity index (χ3v) is 5.84. The van der Waals surface area contributed by atoms with Crippen molar-refractivity contribution in [3.8, 4) is 0 Å². The molecule has 1 amide bonds. The van der Waals surface area contributed by atoms with Crippen LogP contribution in [0.2, 0.25) is 0 Å². The van der Waals surface area contributed by atoms with Gasteiger partial charge in [-0.25, -0.2) is 13.6 Å². The highest BCUT2D eigenvalue weighted by Crippen LogP contribution is 2.38. The first-order chi connectivity index (χ1) is 15.0. The van der Waals surface area contributed by atoms with E-state index in [0.29, 0.717) is 11.3 Å². The fourth-order valence-corrected chi connectivity index (χ4v) is 4.00. The molecule has 0 radical (unpaired) electrons. The lowest BCUT2D eigenvalue weighted by atomic mass is 9.81. The predicted octanol–water partition coefficient (Wildman–Crippen LogP) is 5.62. The van der Waals surface area contributed by atoms with Crippen LogP contribution in [0.25, 0.3) is 0 Å². The highest BCUT2D eigenvalue weighted by molar-refractivity contribution is 5.95. The Labute approximate surface area is 187 Å². The maximum atomic E-state index is 14.2. The van der Waals surface area contributed by atoms with Gasteiger partial charge < -0.3 is 9.64 Å². The van der Waals surface area contributed by atoms with E-state index < -0.39 is 23.5 Å². The predicted molar refractivity (Wildman–Crippen MR) is 119 cm³/mol. The first-order valence-electron chi connectivity index (χ1n) is 10.8. The molecule has 4 nitrogen and oxygen atoms in total. The van der Waals surface area contributed by atoms with Crippen LogP contribution in [0.1, 0.15) is 63.6 Å². The monoisotopic (exact) mass is 441 g/mol. The zero-order chi connectivity index (χ0) is 23.6. The minimum Gasteiger partial charge on any atom is -0.463 e. The molecule has 2 aromatic rings.